The molecule has 1 saturated heterocycles. The van der Waals surface area contributed by atoms with Gasteiger partial charge in [-0.05, 0) is 54.8 Å². The number of halogens is 2. The lowest BCUT2D eigenvalue weighted by Crippen LogP contribution is -2.39. The molecule has 1 atom stereocenters. The van der Waals surface area contributed by atoms with Crippen LogP contribution in [0, 0.1) is 5.92 Å². The third-order valence-corrected chi connectivity index (χ3v) is 5.87. The minimum absolute atomic E-state index is 0.0307. The van der Waals surface area contributed by atoms with E-state index in [1.165, 1.54) is 0 Å². The minimum atomic E-state index is -0.383. The maximum atomic E-state index is 12.5. The fourth-order valence-corrected chi connectivity index (χ4v) is 4.24. The van der Waals surface area contributed by atoms with E-state index in [2.05, 4.69) is 11.4 Å². The summed E-state index contributed by atoms with van der Waals surface area (Å²) in [6.07, 6.45) is 8.13. The zero-order valence-corrected chi connectivity index (χ0v) is 16.7. The molecule has 0 spiro atoms. The molecule has 142 valence electrons. The topological polar surface area (TPSA) is 66.5 Å². The van der Waals surface area contributed by atoms with Crippen LogP contribution in [-0.4, -0.2) is 35.0 Å². The summed E-state index contributed by atoms with van der Waals surface area (Å²) in [6, 6.07) is 4.94. The Morgan fingerprint density at radius 1 is 1.30 bits per heavy atom. The predicted octanol–water partition coefficient (Wildman–Crippen LogP) is 4.50. The number of imide groups is 1. The van der Waals surface area contributed by atoms with E-state index in [-0.39, 0.29) is 36.1 Å². The van der Waals surface area contributed by atoms with Gasteiger partial charge in [0, 0.05) is 29.1 Å². The Morgan fingerprint density at radius 3 is 2.81 bits per heavy atom. The van der Waals surface area contributed by atoms with Gasteiger partial charge in [0.05, 0.1) is 4.91 Å². The SMILES string of the molecule is O=C(NCCN1C(=O)S/C(=C\c2ccc(Cl)cc2Cl)C1=O)C1CC=CCC1. The number of benzene rings is 1. The maximum absolute atomic E-state index is 12.5. The zero-order chi connectivity index (χ0) is 19.4. The molecule has 1 aliphatic carbocycles. The fourth-order valence-electron chi connectivity index (χ4n) is 2.92. The van der Waals surface area contributed by atoms with Crippen LogP contribution in [0.15, 0.2) is 35.3 Å². The Labute approximate surface area is 171 Å². The highest BCUT2D eigenvalue weighted by Gasteiger charge is 2.35. The van der Waals surface area contributed by atoms with Crippen molar-refractivity contribution in [3.63, 3.8) is 0 Å². The molecule has 0 aromatic heterocycles. The van der Waals surface area contributed by atoms with Gasteiger partial charge in [-0.25, -0.2) is 0 Å². The highest BCUT2D eigenvalue weighted by Crippen LogP contribution is 2.33. The van der Waals surface area contributed by atoms with Crippen LogP contribution < -0.4 is 5.32 Å². The third-order valence-electron chi connectivity index (χ3n) is 4.40. The fraction of sp³-hybridized carbons (Fsp3) is 0.316. The molecular weight excluding hydrogens is 407 g/mol. The number of amides is 3. The molecule has 5 nitrogen and oxygen atoms in total. The second-order valence-electron chi connectivity index (χ2n) is 6.27. The predicted molar refractivity (Wildman–Crippen MR) is 109 cm³/mol. The maximum Gasteiger partial charge on any atom is 0.293 e. The van der Waals surface area contributed by atoms with Crippen molar-refractivity contribution >= 4 is 58.1 Å². The lowest BCUT2D eigenvalue weighted by molar-refractivity contribution is -0.126. The van der Waals surface area contributed by atoms with Crippen LogP contribution in [0.4, 0.5) is 4.79 Å². The van der Waals surface area contributed by atoms with Crippen LogP contribution in [-0.2, 0) is 9.59 Å². The lowest BCUT2D eigenvalue weighted by Gasteiger charge is -2.18. The van der Waals surface area contributed by atoms with Gasteiger partial charge in [0.2, 0.25) is 5.91 Å². The molecular formula is C19H18Cl2N2O3S. The number of nitrogens with one attached hydrogen (secondary N) is 1. The highest BCUT2D eigenvalue weighted by atomic mass is 35.5. The van der Waals surface area contributed by atoms with Gasteiger partial charge in [0.25, 0.3) is 11.1 Å². The number of carbonyl (C=O) groups is 3. The van der Waals surface area contributed by atoms with E-state index in [1.807, 2.05) is 6.08 Å². The summed E-state index contributed by atoms with van der Waals surface area (Å²) in [6.45, 7) is 0.386. The molecule has 1 heterocycles. The molecule has 0 saturated carbocycles. The average Bonchev–Trinajstić information content (AvgIpc) is 2.92. The first-order valence-electron chi connectivity index (χ1n) is 8.59. The molecule has 1 fully saturated rings. The van der Waals surface area contributed by atoms with Crippen LogP contribution in [0.25, 0.3) is 6.08 Å². The summed E-state index contributed by atoms with van der Waals surface area (Å²) >= 11 is 12.9. The van der Waals surface area contributed by atoms with Crippen LogP contribution in [0.5, 0.6) is 0 Å². The van der Waals surface area contributed by atoms with E-state index >= 15 is 0 Å². The molecule has 1 aromatic rings. The number of rotatable bonds is 5. The van der Waals surface area contributed by atoms with E-state index in [0.717, 1.165) is 35.9 Å². The van der Waals surface area contributed by atoms with Crippen LogP contribution in [0.1, 0.15) is 24.8 Å². The first-order chi connectivity index (χ1) is 13.0. The van der Waals surface area contributed by atoms with Crippen LogP contribution in [0.2, 0.25) is 10.0 Å². The summed E-state index contributed by atoms with van der Waals surface area (Å²) in [5.74, 6) is -0.447. The summed E-state index contributed by atoms with van der Waals surface area (Å²) in [7, 11) is 0. The van der Waals surface area contributed by atoms with Crippen molar-refractivity contribution in [3.05, 3.63) is 50.9 Å². The molecule has 8 heteroatoms. The van der Waals surface area contributed by atoms with E-state index in [4.69, 9.17) is 23.2 Å². The van der Waals surface area contributed by atoms with E-state index < -0.39 is 0 Å². The van der Waals surface area contributed by atoms with Crippen LogP contribution >= 0.6 is 35.0 Å². The van der Waals surface area contributed by atoms with Crippen molar-refractivity contribution in [3.8, 4) is 0 Å². The number of hydrogen-bond donors (Lipinski definition) is 1. The molecule has 0 bridgehead atoms. The Morgan fingerprint density at radius 2 is 2.11 bits per heavy atom. The van der Waals surface area contributed by atoms with Crippen molar-refractivity contribution in [2.45, 2.75) is 19.3 Å². The lowest BCUT2D eigenvalue weighted by atomic mass is 9.94. The third kappa shape index (κ3) is 4.94. The number of hydrogen-bond acceptors (Lipinski definition) is 4. The molecule has 27 heavy (non-hydrogen) atoms. The Balaban J connectivity index is 1.58. The summed E-state index contributed by atoms with van der Waals surface area (Å²) < 4.78 is 0. The second kappa shape index (κ2) is 8.95. The van der Waals surface area contributed by atoms with Crippen molar-refractivity contribution in [2.75, 3.05) is 13.1 Å². The first kappa shape index (κ1) is 20.0. The van der Waals surface area contributed by atoms with Gasteiger partial charge < -0.3 is 5.32 Å². The van der Waals surface area contributed by atoms with Crippen molar-refractivity contribution in [1.82, 2.24) is 10.2 Å². The van der Waals surface area contributed by atoms with Gasteiger partial charge in [-0.1, -0.05) is 41.4 Å². The Hall–Kier alpha value is -1.76. The molecule has 1 N–H and O–H groups in total. The molecule has 3 amide bonds. The average molecular weight is 425 g/mol. The van der Waals surface area contributed by atoms with Crippen molar-refractivity contribution < 1.29 is 14.4 Å². The van der Waals surface area contributed by atoms with Gasteiger partial charge >= 0.3 is 0 Å². The summed E-state index contributed by atoms with van der Waals surface area (Å²) in [5.41, 5.74) is 0.616. The highest BCUT2D eigenvalue weighted by molar-refractivity contribution is 8.18. The van der Waals surface area contributed by atoms with Gasteiger partial charge in [-0.15, -0.1) is 0 Å². The molecule has 0 radical (unpaired) electrons. The van der Waals surface area contributed by atoms with Crippen LogP contribution in [0.3, 0.4) is 0 Å². The zero-order valence-electron chi connectivity index (χ0n) is 14.4. The summed E-state index contributed by atoms with van der Waals surface area (Å²) in [4.78, 5) is 38.2. The number of allylic oxidation sites excluding steroid dienone is 2. The smallest absolute Gasteiger partial charge is 0.293 e. The molecule has 1 aliphatic heterocycles. The number of nitrogens with zero attached hydrogens (tertiary/aromatic N) is 1. The van der Waals surface area contributed by atoms with E-state index in [1.54, 1.807) is 24.3 Å². The van der Waals surface area contributed by atoms with E-state index in [9.17, 15) is 14.4 Å². The van der Waals surface area contributed by atoms with Crippen molar-refractivity contribution in [1.29, 1.82) is 0 Å². The van der Waals surface area contributed by atoms with E-state index in [0.29, 0.717) is 20.5 Å². The number of carbonyl (C=O) groups excluding carboxylic acids is 3. The standard InChI is InChI=1S/C19H18Cl2N2O3S/c20-14-7-6-13(15(21)11-14)10-16-18(25)23(19(26)27-16)9-8-22-17(24)12-4-2-1-3-5-12/h1-2,6-7,10-12H,3-5,8-9H2,(H,22,24)/b16-10-. The largest absolute Gasteiger partial charge is 0.354 e. The normalized spacial score (nSPS) is 21.2. The quantitative estimate of drug-likeness (QED) is 0.557. The van der Waals surface area contributed by atoms with Crippen molar-refractivity contribution in [2.24, 2.45) is 5.92 Å². The monoisotopic (exact) mass is 424 g/mol. The molecule has 2 aliphatic rings. The second-order valence-corrected chi connectivity index (χ2v) is 8.11. The van der Waals surface area contributed by atoms with Gasteiger partial charge in [-0.3, -0.25) is 19.3 Å². The molecule has 3 rings (SSSR count). The molecule has 1 unspecified atom stereocenters. The Bertz CT molecular complexity index is 838. The minimum Gasteiger partial charge on any atom is -0.354 e. The number of thioether (sulfide) groups is 1. The van der Waals surface area contributed by atoms with Gasteiger partial charge in [0.1, 0.15) is 0 Å². The molecule has 1 aromatic carbocycles. The summed E-state index contributed by atoms with van der Waals surface area (Å²) in [5, 5.41) is 3.36. The van der Waals surface area contributed by atoms with Gasteiger partial charge in [0.15, 0.2) is 0 Å². The van der Waals surface area contributed by atoms with Gasteiger partial charge in [-0.2, -0.15) is 0 Å². The first-order valence-corrected chi connectivity index (χ1v) is 10.2. The Kier molecular flexibility index (Phi) is 6.63.